The Bertz CT molecular complexity index is 903. The summed E-state index contributed by atoms with van der Waals surface area (Å²) in [7, 11) is -3.52. The SMILES string of the molecule is Cc1ccc(S(=O)(=O)n2cc3c(c2)SC(=C2SC=CS2)S3)cc1. The van der Waals surface area contributed by atoms with Crippen LogP contribution in [0.3, 0.4) is 0 Å². The molecule has 0 N–H and O–H groups in total. The van der Waals surface area contributed by atoms with Crippen molar-refractivity contribution in [1.82, 2.24) is 3.97 Å². The van der Waals surface area contributed by atoms with Gasteiger partial charge in [-0.3, -0.25) is 0 Å². The van der Waals surface area contributed by atoms with Crippen LogP contribution in [0.1, 0.15) is 5.56 Å². The van der Waals surface area contributed by atoms with Crippen LogP contribution in [0.4, 0.5) is 0 Å². The molecule has 4 rings (SSSR count). The number of rotatable bonds is 2. The first-order valence-electron chi connectivity index (χ1n) is 6.66. The monoisotopic (exact) mass is 397 g/mol. The van der Waals surface area contributed by atoms with Crippen molar-refractivity contribution in [2.24, 2.45) is 0 Å². The summed E-state index contributed by atoms with van der Waals surface area (Å²) in [5.41, 5.74) is 1.04. The molecule has 8 heteroatoms. The van der Waals surface area contributed by atoms with Gasteiger partial charge in [-0.2, -0.15) is 0 Å². The summed E-state index contributed by atoms with van der Waals surface area (Å²) in [4.78, 5) is 2.32. The Labute approximate surface area is 152 Å². The van der Waals surface area contributed by atoms with Crippen LogP contribution < -0.4 is 0 Å². The molecule has 0 fully saturated rings. The van der Waals surface area contributed by atoms with Gasteiger partial charge in [-0.05, 0) is 29.9 Å². The summed E-state index contributed by atoms with van der Waals surface area (Å²) in [6, 6.07) is 6.94. The minimum Gasteiger partial charge on any atom is -0.247 e. The highest BCUT2D eigenvalue weighted by molar-refractivity contribution is 8.32. The molecule has 2 aliphatic heterocycles. The van der Waals surface area contributed by atoms with E-state index in [1.165, 1.54) is 12.4 Å². The molecule has 0 saturated carbocycles. The van der Waals surface area contributed by atoms with Crippen LogP contribution in [0.2, 0.25) is 0 Å². The third-order valence-corrected chi connectivity index (χ3v) is 10.1. The maximum atomic E-state index is 12.7. The van der Waals surface area contributed by atoms with Gasteiger partial charge in [-0.1, -0.05) is 64.7 Å². The molecule has 0 atom stereocenters. The number of thioether (sulfide) groups is 4. The standard InChI is InChI=1S/C15H11NO2S5/c1-10-2-4-11(5-3-10)23(17,18)16-8-12-13(9-16)22-15(21-12)14-19-6-7-20-14/h2-9H,1H3. The van der Waals surface area contributed by atoms with Gasteiger partial charge in [0.1, 0.15) is 0 Å². The van der Waals surface area contributed by atoms with E-state index in [4.69, 9.17) is 0 Å². The zero-order valence-electron chi connectivity index (χ0n) is 11.9. The van der Waals surface area contributed by atoms with E-state index in [1.807, 2.05) is 19.1 Å². The predicted octanol–water partition coefficient (Wildman–Crippen LogP) is 5.31. The lowest BCUT2D eigenvalue weighted by molar-refractivity contribution is 0.587. The van der Waals surface area contributed by atoms with Crippen LogP contribution in [-0.2, 0) is 10.0 Å². The molecule has 0 radical (unpaired) electrons. The van der Waals surface area contributed by atoms with Gasteiger partial charge >= 0.3 is 0 Å². The summed E-state index contributed by atoms with van der Waals surface area (Å²) < 4.78 is 29.2. The van der Waals surface area contributed by atoms with Gasteiger partial charge in [-0.15, -0.1) is 0 Å². The zero-order valence-corrected chi connectivity index (χ0v) is 16.0. The molecule has 0 unspecified atom stereocenters. The van der Waals surface area contributed by atoms with Gasteiger partial charge in [0.15, 0.2) is 0 Å². The first-order chi connectivity index (χ1) is 11.0. The minimum atomic E-state index is -3.52. The van der Waals surface area contributed by atoms with Crippen molar-refractivity contribution in [2.45, 2.75) is 21.6 Å². The van der Waals surface area contributed by atoms with Crippen LogP contribution in [-0.4, -0.2) is 12.4 Å². The Morgan fingerprint density at radius 2 is 1.43 bits per heavy atom. The number of nitrogens with zero attached hydrogens (tertiary/aromatic N) is 1. The number of benzene rings is 1. The number of hydrogen-bond donors (Lipinski definition) is 0. The topological polar surface area (TPSA) is 39.1 Å². The van der Waals surface area contributed by atoms with E-state index in [9.17, 15) is 8.42 Å². The maximum absolute atomic E-state index is 12.7. The molecule has 2 aliphatic rings. The van der Waals surface area contributed by atoms with Crippen molar-refractivity contribution in [3.05, 3.63) is 61.5 Å². The molecule has 0 bridgehead atoms. The first-order valence-corrected chi connectivity index (χ1v) is 11.5. The van der Waals surface area contributed by atoms with Crippen LogP contribution in [0.15, 0.2) is 70.6 Å². The van der Waals surface area contributed by atoms with Gasteiger partial charge in [0.05, 0.1) is 13.4 Å². The van der Waals surface area contributed by atoms with Crippen molar-refractivity contribution < 1.29 is 8.42 Å². The highest BCUT2D eigenvalue weighted by Gasteiger charge is 2.27. The Morgan fingerprint density at radius 3 is 2.00 bits per heavy atom. The Balaban J connectivity index is 1.65. The molecule has 3 heterocycles. The Hall–Kier alpha value is -0.670. The lowest BCUT2D eigenvalue weighted by atomic mass is 10.2. The van der Waals surface area contributed by atoms with E-state index in [0.29, 0.717) is 4.90 Å². The van der Waals surface area contributed by atoms with Crippen molar-refractivity contribution in [3.8, 4) is 0 Å². The molecule has 3 nitrogen and oxygen atoms in total. The summed E-state index contributed by atoms with van der Waals surface area (Å²) in [6.07, 6.45) is 3.43. The van der Waals surface area contributed by atoms with Crippen molar-refractivity contribution >= 4 is 57.1 Å². The second kappa shape index (κ2) is 6.00. The second-order valence-corrected chi connectivity index (χ2v) is 11.2. The fourth-order valence-electron chi connectivity index (χ4n) is 2.13. The first kappa shape index (κ1) is 15.8. The third kappa shape index (κ3) is 2.91. The van der Waals surface area contributed by atoms with E-state index in [-0.39, 0.29) is 0 Å². The molecule has 0 aliphatic carbocycles. The van der Waals surface area contributed by atoms with E-state index < -0.39 is 10.0 Å². The molecule has 1 aromatic heterocycles. The molecule has 118 valence electrons. The van der Waals surface area contributed by atoms with Gasteiger partial charge in [0.2, 0.25) is 0 Å². The smallest absolute Gasteiger partial charge is 0.247 e. The molecule has 2 aromatic rings. The highest BCUT2D eigenvalue weighted by Crippen LogP contribution is 2.57. The molecule has 0 spiro atoms. The molecule has 23 heavy (non-hydrogen) atoms. The van der Waals surface area contributed by atoms with Gasteiger partial charge < -0.3 is 0 Å². The van der Waals surface area contributed by atoms with Gasteiger partial charge in [0.25, 0.3) is 10.0 Å². The number of hydrogen-bond acceptors (Lipinski definition) is 6. The molecule has 1 aromatic carbocycles. The van der Waals surface area contributed by atoms with Crippen LogP contribution in [0.5, 0.6) is 0 Å². The highest BCUT2D eigenvalue weighted by atomic mass is 32.2. The summed E-state index contributed by atoms with van der Waals surface area (Å²) in [6.45, 7) is 1.94. The minimum absolute atomic E-state index is 0.316. The summed E-state index contributed by atoms with van der Waals surface area (Å²) in [5.74, 6) is 0. The average molecular weight is 398 g/mol. The lowest BCUT2D eigenvalue weighted by Crippen LogP contribution is -2.10. The quantitative estimate of drug-likeness (QED) is 0.684. The second-order valence-electron chi connectivity index (χ2n) is 4.92. The molecular weight excluding hydrogens is 387 g/mol. The molecular formula is C15H11NO2S5. The largest absolute Gasteiger partial charge is 0.267 e. The van der Waals surface area contributed by atoms with Crippen molar-refractivity contribution in [3.63, 3.8) is 0 Å². The maximum Gasteiger partial charge on any atom is 0.267 e. The molecule has 0 amide bonds. The number of aromatic nitrogens is 1. The van der Waals surface area contributed by atoms with Crippen molar-refractivity contribution in [1.29, 1.82) is 0 Å². The van der Waals surface area contributed by atoms with Gasteiger partial charge in [-0.25, -0.2) is 12.4 Å². The Morgan fingerprint density at radius 1 is 0.870 bits per heavy atom. The van der Waals surface area contributed by atoms with Gasteiger partial charge in [0, 0.05) is 22.2 Å². The normalized spacial score (nSPS) is 17.1. The van der Waals surface area contributed by atoms with Crippen LogP contribution in [0, 0.1) is 6.92 Å². The predicted molar refractivity (Wildman–Crippen MR) is 101 cm³/mol. The summed E-state index contributed by atoms with van der Waals surface area (Å²) in [5, 5.41) is 4.14. The number of aryl methyl sites for hydroxylation is 1. The van der Waals surface area contributed by atoms with Crippen molar-refractivity contribution in [2.75, 3.05) is 0 Å². The molecule has 0 saturated heterocycles. The van der Waals surface area contributed by atoms with E-state index >= 15 is 0 Å². The van der Waals surface area contributed by atoms with Crippen LogP contribution >= 0.6 is 47.0 Å². The lowest BCUT2D eigenvalue weighted by Gasteiger charge is -2.06. The zero-order chi connectivity index (χ0) is 16.0. The van der Waals surface area contributed by atoms with Crippen LogP contribution in [0.25, 0.3) is 0 Å². The fraction of sp³-hybridized carbons (Fsp3) is 0.0667. The van der Waals surface area contributed by atoms with E-state index in [1.54, 1.807) is 71.6 Å². The Kier molecular flexibility index (Phi) is 4.13. The summed E-state index contributed by atoms with van der Waals surface area (Å²) >= 11 is 6.72. The third-order valence-electron chi connectivity index (χ3n) is 3.31. The average Bonchev–Trinajstić information content (AvgIpc) is 3.22. The van der Waals surface area contributed by atoms with E-state index in [2.05, 4.69) is 10.8 Å². The fourth-order valence-corrected chi connectivity index (χ4v) is 8.15. The number of fused-ring (bicyclic) bond motifs is 1. The van der Waals surface area contributed by atoms with E-state index in [0.717, 1.165) is 15.4 Å².